The predicted molar refractivity (Wildman–Crippen MR) is 177 cm³/mol. The predicted octanol–water partition coefficient (Wildman–Crippen LogP) is 6.83. The second-order valence-corrected chi connectivity index (χ2v) is 14.2. The summed E-state index contributed by atoms with van der Waals surface area (Å²) in [5, 5.41) is 42.4. The van der Waals surface area contributed by atoms with Gasteiger partial charge in [-0.25, -0.2) is 4.79 Å². The summed E-state index contributed by atoms with van der Waals surface area (Å²) < 4.78 is 17.3. The van der Waals surface area contributed by atoms with Gasteiger partial charge in [0.1, 0.15) is 6.10 Å². The van der Waals surface area contributed by atoms with Gasteiger partial charge in [-0.15, -0.1) is 0 Å². The Morgan fingerprint density at radius 1 is 0.667 bits per heavy atom. The standard InChI is InChI=1S/C37H66O8/c1-3-4-5-6-7-8-12-15-18-31(39)35-23-24-36(45-35)33(41)21-20-32(40)34-22-19-30(44-34)17-14-11-9-10-13-16-29(38)26-28-25-27(2)43-37(28)42/h25,27,29-36,38-41H,3-24,26H2,1-2H3/t27?,29?,30?,31-,32+,33+,34+,35+,36+/m0/s1. The van der Waals surface area contributed by atoms with Crippen LogP contribution < -0.4 is 0 Å². The molecular weight excluding hydrogens is 572 g/mol. The van der Waals surface area contributed by atoms with Crippen LogP contribution in [0.1, 0.15) is 162 Å². The Hall–Kier alpha value is -1.03. The van der Waals surface area contributed by atoms with E-state index < -0.39 is 24.4 Å². The molecule has 2 saturated heterocycles. The van der Waals surface area contributed by atoms with Crippen LogP contribution in [0.25, 0.3) is 0 Å². The highest BCUT2D eigenvalue weighted by Gasteiger charge is 2.36. The highest BCUT2D eigenvalue weighted by molar-refractivity contribution is 5.90. The van der Waals surface area contributed by atoms with Gasteiger partial charge in [-0.3, -0.25) is 0 Å². The number of ether oxygens (including phenoxy) is 3. The largest absolute Gasteiger partial charge is 0.455 e. The first-order chi connectivity index (χ1) is 21.8. The lowest BCUT2D eigenvalue weighted by Gasteiger charge is -2.24. The fourth-order valence-corrected chi connectivity index (χ4v) is 7.29. The number of hydrogen-bond acceptors (Lipinski definition) is 8. The van der Waals surface area contributed by atoms with E-state index in [0.29, 0.717) is 31.3 Å². The molecule has 4 N–H and O–H groups in total. The van der Waals surface area contributed by atoms with Gasteiger partial charge < -0.3 is 34.6 Å². The molecule has 3 rings (SSSR count). The van der Waals surface area contributed by atoms with Crippen LogP contribution in [-0.2, 0) is 19.0 Å². The average Bonchev–Trinajstić information content (AvgIpc) is 3.77. The Balaban J connectivity index is 1.16. The highest BCUT2D eigenvalue weighted by Crippen LogP contribution is 2.31. The molecule has 0 aliphatic carbocycles. The monoisotopic (exact) mass is 638 g/mol. The first kappa shape index (κ1) is 38.4. The maximum Gasteiger partial charge on any atom is 0.334 e. The molecule has 9 atom stereocenters. The van der Waals surface area contributed by atoms with E-state index in [9.17, 15) is 25.2 Å². The van der Waals surface area contributed by atoms with Gasteiger partial charge in [0.15, 0.2) is 0 Å². The zero-order valence-electron chi connectivity index (χ0n) is 28.5. The minimum Gasteiger partial charge on any atom is -0.455 e. The zero-order chi connectivity index (χ0) is 32.4. The van der Waals surface area contributed by atoms with Crippen LogP contribution in [0.5, 0.6) is 0 Å². The number of cyclic esters (lactones) is 1. The Morgan fingerprint density at radius 3 is 1.78 bits per heavy atom. The summed E-state index contributed by atoms with van der Waals surface area (Å²) in [4.78, 5) is 11.7. The number of rotatable bonds is 25. The van der Waals surface area contributed by atoms with Crippen LogP contribution in [0.2, 0.25) is 0 Å². The zero-order valence-corrected chi connectivity index (χ0v) is 28.5. The van der Waals surface area contributed by atoms with Crippen LogP contribution in [0, 0.1) is 0 Å². The summed E-state index contributed by atoms with van der Waals surface area (Å²) in [6.07, 6.45) is 21.6. The van der Waals surface area contributed by atoms with Gasteiger partial charge in [0.25, 0.3) is 0 Å². The van der Waals surface area contributed by atoms with E-state index in [-0.39, 0.29) is 36.5 Å². The third-order valence-electron chi connectivity index (χ3n) is 10.1. The third-order valence-corrected chi connectivity index (χ3v) is 10.1. The van der Waals surface area contributed by atoms with Gasteiger partial charge in [-0.2, -0.15) is 0 Å². The van der Waals surface area contributed by atoms with E-state index in [0.717, 1.165) is 83.5 Å². The molecule has 0 amide bonds. The summed E-state index contributed by atoms with van der Waals surface area (Å²) in [6.45, 7) is 4.07. The summed E-state index contributed by atoms with van der Waals surface area (Å²) in [7, 11) is 0. The molecule has 3 heterocycles. The third kappa shape index (κ3) is 14.7. The van der Waals surface area contributed by atoms with Crippen LogP contribution in [0.15, 0.2) is 11.6 Å². The molecule has 8 nitrogen and oxygen atoms in total. The normalized spacial score (nSPS) is 27.8. The first-order valence-electron chi connectivity index (χ1n) is 18.7. The maximum atomic E-state index is 11.7. The number of carbonyl (C=O) groups excluding carboxylic acids is 1. The van der Waals surface area contributed by atoms with Crippen LogP contribution in [0.4, 0.5) is 0 Å². The van der Waals surface area contributed by atoms with Crippen molar-refractivity contribution >= 4 is 5.97 Å². The van der Waals surface area contributed by atoms with Crippen molar-refractivity contribution in [2.75, 3.05) is 0 Å². The SMILES string of the molecule is CCCCCCCCCC[C@H](O)[C@H]1CC[C@H]([C@H](O)CC[C@@H](O)[C@H]2CCC(CCCCCCCC(O)CC3=CC(C)OC3=O)O2)O1. The molecule has 8 heteroatoms. The Kier molecular flexibility index (Phi) is 18.6. The minimum absolute atomic E-state index is 0.162. The summed E-state index contributed by atoms with van der Waals surface area (Å²) in [6, 6.07) is 0. The van der Waals surface area contributed by atoms with Gasteiger partial charge in [-0.05, 0) is 70.8 Å². The lowest BCUT2D eigenvalue weighted by molar-refractivity contribution is -0.139. The lowest BCUT2D eigenvalue weighted by atomic mass is 9.98. The van der Waals surface area contributed by atoms with E-state index in [4.69, 9.17) is 14.2 Å². The molecule has 3 unspecified atom stereocenters. The molecule has 2 fully saturated rings. The van der Waals surface area contributed by atoms with Crippen molar-refractivity contribution in [1.29, 1.82) is 0 Å². The van der Waals surface area contributed by atoms with Crippen molar-refractivity contribution in [3.63, 3.8) is 0 Å². The van der Waals surface area contributed by atoms with Gasteiger partial charge >= 0.3 is 5.97 Å². The molecule has 0 spiro atoms. The van der Waals surface area contributed by atoms with Crippen molar-refractivity contribution < 1.29 is 39.4 Å². The molecule has 0 aromatic heterocycles. The number of unbranched alkanes of at least 4 members (excludes halogenated alkanes) is 11. The molecule has 0 aromatic carbocycles. The smallest absolute Gasteiger partial charge is 0.334 e. The Labute approximate surface area is 273 Å². The average molecular weight is 639 g/mol. The van der Waals surface area contributed by atoms with Crippen molar-refractivity contribution in [2.45, 2.75) is 216 Å². The number of hydrogen-bond donors (Lipinski definition) is 4. The van der Waals surface area contributed by atoms with E-state index in [1.165, 1.54) is 38.5 Å². The van der Waals surface area contributed by atoms with E-state index in [2.05, 4.69) is 6.92 Å². The van der Waals surface area contributed by atoms with Gasteiger partial charge in [0.05, 0.1) is 48.8 Å². The van der Waals surface area contributed by atoms with Gasteiger partial charge in [0, 0.05) is 12.0 Å². The molecule has 0 aromatic rings. The van der Waals surface area contributed by atoms with Gasteiger partial charge in [0.2, 0.25) is 0 Å². The van der Waals surface area contributed by atoms with Crippen molar-refractivity contribution in [2.24, 2.45) is 0 Å². The molecule has 0 radical (unpaired) electrons. The molecule has 3 aliphatic rings. The van der Waals surface area contributed by atoms with E-state index >= 15 is 0 Å². The van der Waals surface area contributed by atoms with Crippen molar-refractivity contribution in [3.05, 3.63) is 11.6 Å². The summed E-state index contributed by atoms with van der Waals surface area (Å²) in [5.74, 6) is -0.295. The Morgan fingerprint density at radius 2 is 1.18 bits per heavy atom. The molecule has 3 aliphatic heterocycles. The second-order valence-electron chi connectivity index (χ2n) is 14.2. The van der Waals surface area contributed by atoms with Crippen molar-refractivity contribution in [1.82, 2.24) is 0 Å². The first-order valence-corrected chi connectivity index (χ1v) is 18.7. The van der Waals surface area contributed by atoms with E-state index in [1.807, 2.05) is 6.92 Å². The quantitative estimate of drug-likeness (QED) is 0.0634. The topological polar surface area (TPSA) is 126 Å². The van der Waals surface area contributed by atoms with Crippen molar-refractivity contribution in [3.8, 4) is 0 Å². The molecule has 262 valence electrons. The second kappa shape index (κ2) is 21.8. The highest BCUT2D eigenvalue weighted by atomic mass is 16.5. The molecule has 45 heavy (non-hydrogen) atoms. The molecule has 0 bridgehead atoms. The summed E-state index contributed by atoms with van der Waals surface area (Å²) >= 11 is 0. The summed E-state index contributed by atoms with van der Waals surface area (Å²) in [5.41, 5.74) is 0.600. The fraction of sp³-hybridized carbons (Fsp3) is 0.919. The van der Waals surface area contributed by atoms with Gasteiger partial charge in [-0.1, -0.05) is 90.4 Å². The van der Waals surface area contributed by atoms with Crippen LogP contribution >= 0.6 is 0 Å². The number of aliphatic hydroxyl groups is 4. The number of esters is 1. The van der Waals surface area contributed by atoms with Crippen LogP contribution in [-0.4, -0.2) is 81.3 Å². The Bertz CT molecular complexity index is 833. The maximum absolute atomic E-state index is 11.7. The van der Waals surface area contributed by atoms with Crippen LogP contribution in [0.3, 0.4) is 0 Å². The molecular formula is C37H66O8. The number of aliphatic hydroxyl groups excluding tert-OH is 4. The lowest BCUT2D eigenvalue weighted by Crippen LogP contribution is -2.33. The minimum atomic E-state index is -0.627. The number of carbonyl (C=O) groups is 1. The molecule has 0 saturated carbocycles. The van der Waals surface area contributed by atoms with E-state index in [1.54, 1.807) is 6.08 Å². The fourth-order valence-electron chi connectivity index (χ4n) is 7.29.